The maximum absolute atomic E-state index is 5.62. The zero-order valence-electron chi connectivity index (χ0n) is 31.5. The second-order valence-electron chi connectivity index (χ2n) is 15.7. The second kappa shape index (κ2) is 12.8. The average molecular weight is 682 g/mol. The predicted molar refractivity (Wildman–Crippen MR) is 218 cm³/mol. The molecule has 0 fully saturated rings. The van der Waals surface area contributed by atoms with Gasteiger partial charge in [-0.2, -0.15) is 5.10 Å². The van der Waals surface area contributed by atoms with Gasteiger partial charge in [-0.1, -0.05) is 133 Å². The topological polar surface area (TPSA) is 40.6 Å². The van der Waals surface area contributed by atoms with Gasteiger partial charge in [0.25, 0.3) is 0 Å². The van der Waals surface area contributed by atoms with Crippen LogP contribution in [0.15, 0.2) is 128 Å². The highest BCUT2D eigenvalue weighted by atomic mass is 15.3. The number of fused-ring (bicyclic) bond motifs is 3. The lowest BCUT2D eigenvalue weighted by Gasteiger charge is -2.24. The summed E-state index contributed by atoms with van der Waals surface area (Å²) in [5.41, 5.74) is 13.9. The molecule has 8 rings (SSSR count). The molecule has 0 amide bonds. The number of aromatic nitrogens is 5. The fourth-order valence-corrected chi connectivity index (χ4v) is 7.87. The summed E-state index contributed by atoms with van der Waals surface area (Å²) in [6, 6.07) is 42.0. The standard InChI is InChI=1S/C47H47N5/c1-30(2)36-21-15-22-37(31(3)4)42(36)43-44(32-16-10-9-11-17-32)52(49-45(43)47(5,6)7)35-24-25-39-38-20-12-13-23-40(38)51(41(39)29-35)34-19-14-18-33(28-34)46-48-26-27-50(46)8/h9-31H,1-8H3. The molecule has 3 heterocycles. The Hall–Kier alpha value is -5.68. The van der Waals surface area contributed by atoms with Gasteiger partial charge in [0, 0.05) is 58.0 Å². The van der Waals surface area contributed by atoms with Gasteiger partial charge in [-0.3, -0.25) is 0 Å². The van der Waals surface area contributed by atoms with E-state index < -0.39 is 0 Å². The third-order valence-electron chi connectivity index (χ3n) is 10.4. The molecule has 0 bridgehead atoms. The normalized spacial score (nSPS) is 12.2. The van der Waals surface area contributed by atoms with Crippen LogP contribution in [0, 0.1) is 0 Å². The molecule has 0 aliphatic rings. The van der Waals surface area contributed by atoms with Crippen molar-refractivity contribution < 1.29 is 0 Å². The minimum absolute atomic E-state index is 0.215. The molecule has 8 aromatic rings. The van der Waals surface area contributed by atoms with E-state index in [9.17, 15) is 0 Å². The van der Waals surface area contributed by atoms with E-state index in [1.165, 1.54) is 38.5 Å². The number of hydrogen-bond donors (Lipinski definition) is 0. The fraction of sp³-hybridized carbons (Fsp3) is 0.234. The van der Waals surface area contributed by atoms with Crippen molar-refractivity contribution in [2.75, 3.05) is 0 Å². The number of para-hydroxylation sites is 1. The summed E-state index contributed by atoms with van der Waals surface area (Å²) in [5.74, 6) is 1.64. The van der Waals surface area contributed by atoms with Gasteiger partial charge in [0.15, 0.2) is 0 Å². The van der Waals surface area contributed by atoms with Crippen LogP contribution in [0.3, 0.4) is 0 Å². The molecule has 0 spiro atoms. The van der Waals surface area contributed by atoms with Crippen molar-refractivity contribution in [2.24, 2.45) is 7.05 Å². The summed E-state index contributed by atoms with van der Waals surface area (Å²) >= 11 is 0. The molecule has 3 aromatic heterocycles. The quantitative estimate of drug-likeness (QED) is 0.168. The highest BCUT2D eigenvalue weighted by Crippen LogP contribution is 2.47. The van der Waals surface area contributed by atoms with Crippen LogP contribution in [-0.2, 0) is 12.5 Å². The number of nitrogens with zero attached hydrogens (tertiary/aromatic N) is 5. The first-order chi connectivity index (χ1) is 25.0. The molecule has 0 atom stereocenters. The van der Waals surface area contributed by atoms with E-state index in [4.69, 9.17) is 5.10 Å². The molecule has 0 aliphatic carbocycles. The molecule has 5 heteroatoms. The molecule has 0 unspecified atom stereocenters. The molecular weight excluding hydrogens is 635 g/mol. The molecule has 0 radical (unpaired) electrons. The van der Waals surface area contributed by atoms with Crippen LogP contribution < -0.4 is 0 Å². The van der Waals surface area contributed by atoms with Crippen molar-refractivity contribution in [2.45, 2.75) is 65.7 Å². The molecule has 0 aliphatic heterocycles. The third-order valence-corrected chi connectivity index (χ3v) is 10.4. The van der Waals surface area contributed by atoms with Crippen LogP contribution in [0.5, 0.6) is 0 Å². The number of imidazole rings is 1. The molecule has 0 saturated carbocycles. The van der Waals surface area contributed by atoms with E-state index in [-0.39, 0.29) is 5.41 Å². The van der Waals surface area contributed by atoms with Crippen molar-refractivity contribution in [3.05, 3.63) is 144 Å². The maximum atomic E-state index is 5.62. The van der Waals surface area contributed by atoms with E-state index in [1.54, 1.807) is 0 Å². The van der Waals surface area contributed by atoms with Crippen LogP contribution in [0.1, 0.15) is 77.1 Å². The molecule has 260 valence electrons. The molecule has 0 N–H and O–H groups in total. The van der Waals surface area contributed by atoms with Crippen LogP contribution in [0.4, 0.5) is 0 Å². The number of hydrogen-bond acceptors (Lipinski definition) is 2. The molecular formula is C47H47N5. The largest absolute Gasteiger partial charge is 0.334 e. The first-order valence-corrected chi connectivity index (χ1v) is 18.5. The van der Waals surface area contributed by atoms with Crippen LogP contribution in [0.2, 0.25) is 0 Å². The van der Waals surface area contributed by atoms with Gasteiger partial charge in [0.1, 0.15) is 5.82 Å². The van der Waals surface area contributed by atoms with Gasteiger partial charge >= 0.3 is 0 Å². The van der Waals surface area contributed by atoms with Gasteiger partial charge in [-0.25, -0.2) is 9.67 Å². The highest BCUT2D eigenvalue weighted by Gasteiger charge is 2.32. The van der Waals surface area contributed by atoms with Gasteiger partial charge in [-0.05, 0) is 58.9 Å². The Balaban J connectivity index is 1.46. The van der Waals surface area contributed by atoms with E-state index in [0.29, 0.717) is 11.8 Å². The first kappa shape index (κ1) is 33.5. The Morgan fingerprint density at radius 3 is 1.92 bits per heavy atom. The Bertz CT molecular complexity index is 2540. The number of aryl methyl sites for hydroxylation is 1. The lowest BCUT2D eigenvalue weighted by atomic mass is 9.79. The summed E-state index contributed by atoms with van der Waals surface area (Å²) in [4.78, 5) is 4.66. The fourth-order valence-electron chi connectivity index (χ4n) is 7.87. The summed E-state index contributed by atoms with van der Waals surface area (Å²) in [7, 11) is 2.04. The van der Waals surface area contributed by atoms with Crippen molar-refractivity contribution in [1.29, 1.82) is 0 Å². The summed E-state index contributed by atoms with van der Waals surface area (Å²) < 4.78 is 6.68. The Labute approximate surface area is 307 Å². The third kappa shape index (κ3) is 5.56. The Morgan fingerprint density at radius 2 is 1.25 bits per heavy atom. The van der Waals surface area contributed by atoms with Crippen molar-refractivity contribution in [1.82, 2.24) is 23.9 Å². The van der Waals surface area contributed by atoms with E-state index >= 15 is 0 Å². The SMILES string of the molecule is CC(C)c1cccc(C(C)C)c1-c1c(C(C)(C)C)nn(-c2ccc3c4ccccc4n(-c4cccc(-c5nccn5C)c4)c3c2)c1-c1ccccc1. The van der Waals surface area contributed by atoms with Gasteiger partial charge in [-0.15, -0.1) is 0 Å². The zero-order chi connectivity index (χ0) is 36.3. The van der Waals surface area contributed by atoms with Gasteiger partial charge in [0.05, 0.1) is 28.1 Å². The maximum Gasteiger partial charge on any atom is 0.139 e. The second-order valence-corrected chi connectivity index (χ2v) is 15.7. The van der Waals surface area contributed by atoms with Crippen LogP contribution >= 0.6 is 0 Å². The summed E-state index contributed by atoms with van der Waals surface area (Å²) in [5, 5.41) is 8.05. The van der Waals surface area contributed by atoms with Gasteiger partial charge < -0.3 is 9.13 Å². The molecule has 52 heavy (non-hydrogen) atoms. The molecule has 5 aromatic carbocycles. The van der Waals surface area contributed by atoms with Gasteiger partial charge in [0.2, 0.25) is 0 Å². The van der Waals surface area contributed by atoms with Crippen molar-refractivity contribution in [3.8, 4) is 45.1 Å². The Morgan fingerprint density at radius 1 is 0.596 bits per heavy atom. The predicted octanol–water partition coefficient (Wildman–Crippen LogP) is 12.2. The van der Waals surface area contributed by atoms with Crippen molar-refractivity contribution >= 4 is 21.8 Å². The lowest BCUT2D eigenvalue weighted by molar-refractivity contribution is 0.561. The van der Waals surface area contributed by atoms with E-state index in [0.717, 1.165) is 45.2 Å². The number of benzene rings is 5. The van der Waals surface area contributed by atoms with E-state index in [2.05, 4.69) is 183 Å². The zero-order valence-corrected chi connectivity index (χ0v) is 31.5. The molecule has 5 nitrogen and oxygen atoms in total. The minimum Gasteiger partial charge on any atom is -0.334 e. The van der Waals surface area contributed by atoms with Crippen LogP contribution in [-0.4, -0.2) is 23.9 Å². The number of rotatable bonds is 7. The highest BCUT2D eigenvalue weighted by molar-refractivity contribution is 6.10. The van der Waals surface area contributed by atoms with Crippen molar-refractivity contribution in [3.63, 3.8) is 0 Å². The first-order valence-electron chi connectivity index (χ1n) is 18.5. The smallest absolute Gasteiger partial charge is 0.139 e. The average Bonchev–Trinajstić information content (AvgIpc) is 3.85. The monoisotopic (exact) mass is 681 g/mol. The lowest BCUT2D eigenvalue weighted by Crippen LogP contribution is -2.15. The minimum atomic E-state index is -0.215. The van der Waals surface area contributed by atoms with E-state index in [1.807, 2.05) is 19.4 Å². The molecule has 0 saturated heterocycles. The van der Waals surface area contributed by atoms with Crippen LogP contribution in [0.25, 0.3) is 67.0 Å². The Kier molecular flexibility index (Phi) is 8.25. The summed E-state index contributed by atoms with van der Waals surface area (Å²) in [6.07, 6.45) is 3.85. The summed E-state index contributed by atoms with van der Waals surface area (Å²) in [6.45, 7) is 16.1.